The largest absolute Gasteiger partial charge is 0.468 e. The molecule has 0 amide bonds. The number of thiazole rings is 1. The Balaban J connectivity index is 1.69. The molecule has 1 aliphatic heterocycles. The monoisotopic (exact) mass is 493 g/mol. The van der Waals surface area contributed by atoms with Gasteiger partial charge >= 0.3 is 11.9 Å². The van der Waals surface area contributed by atoms with Crippen molar-refractivity contribution in [1.29, 1.82) is 0 Å². The maximum Gasteiger partial charge on any atom is 0.336 e. The van der Waals surface area contributed by atoms with Gasteiger partial charge in [0, 0.05) is 34.0 Å². The van der Waals surface area contributed by atoms with E-state index in [9.17, 15) is 14.0 Å². The molecule has 2 atom stereocenters. The number of aromatic nitrogens is 1. The zero-order valence-corrected chi connectivity index (χ0v) is 20.5. The molecule has 0 spiro atoms. The minimum Gasteiger partial charge on any atom is -0.468 e. The van der Waals surface area contributed by atoms with Crippen LogP contribution in [0.5, 0.6) is 0 Å². The number of nitrogens with zero attached hydrogens (tertiary/aromatic N) is 2. The fraction of sp³-hybridized carbons (Fsp3) is 0.231. The summed E-state index contributed by atoms with van der Waals surface area (Å²) >= 11 is 1.38. The van der Waals surface area contributed by atoms with Crippen molar-refractivity contribution in [2.75, 3.05) is 19.5 Å². The summed E-state index contributed by atoms with van der Waals surface area (Å²) in [6.45, 7) is 3.47. The maximum atomic E-state index is 13.6. The number of carbonyl (C=O) groups is 2. The molecule has 2 aromatic carbocycles. The van der Waals surface area contributed by atoms with E-state index in [4.69, 9.17) is 9.47 Å². The van der Waals surface area contributed by atoms with Crippen molar-refractivity contribution >= 4 is 39.8 Å². The second-order valence-corrected chi connectivity index (χ2v) is 8.88. The zero-order chi connectivity index (χ0) is 25.1. The molecule has 0 radical (unpaired) electrons. The number of allylic oxidation sites excluding steroid dienone is 1. The molecule has 4 rings (SSSR count). The molecule has 2 unspecified atom stereocenters. The number of esters is 2. The van der Waals surface area contributed by atoms with Crippen molar-refractivity contribution in [3.63, 3.8) is 0 Å². The Hall–Kier alpha value is -3.85. The molecule has 180 valence electrons. The number of rotatable bonds is 6. The molecule has 9 heteroatoms. The summed E-state index contributed by atoms with van der Waals surface area (Å²) in [7, 11) is 2.61. The van der Waals surface area contributed by atoms with Crippen LogP contribution in [0.3, 0.4) is 0 Å². The van der Waals surface area contributed by atoms with Crippen LogP contribution in [0.4, 0.5) is 15.2 Å². The number of methoxy groups -OCH3 is 2. The summed E-state index contributed by atoms with van der Waals surface area (Å²) < 4.78 is 23.7. The predicted molar refractivity (Wildman–Crippen MR) is 133 cm³/mol. The summed E-state index contributed by atoms with van der Waals surface area (Å²) in [4.78, 5) is 34.4. The maximum absolute atomic E-state index is 13.6. The van der Waals surface area contributed by atoms with Gasteiger partial charge in [-0.2, -0.15) is 0 Å². The Labute approximate surface area is 206 Å². The van der Waals surface area contributed by atoms with Gasteiger partial charge in [-0.1, -0.05) is 24.3 Å². The van der Waals surface area contributed by atoms with Crippen LogP contribution in [0, 0.1) is 11.7 Å². The molecule has 0 saturated heterocycles. The van der Waals surface area contributed by atoms with Crippen molar-refractivity contribution in [3.05, 3.63) is 76.6 Å². The lowest BCUT2D eigenvalue weighted by atomic mass is 9.75. The van der Waals surface area contributed by atoms with E-state index in [1.807, 2.05) is 29.6 Å². The number of ether oxygens (including phenoxy) is 2. The summed E-state index contributed by atoms with van der Waals surface area (Å²) in [5, 5.41) is 5.72. The lowest BCUT2D eigenvalue weighted by molar-refractivity contribution is -0.143. The van der Waals surface area contributed by atoms with Gasteiger partial charge in [-0.25, -0.2) is 14.2 Å². The Bertz CT molecular complexity index is 1350. The highest BCUT2D eigenvalue weighted by Crippen LogP contribution is 2.41. The second-order valence-electron chi connectivity index (χ2n) is 8.02. The van der Waals surface area contributed by atoms with E-state index in [0.717, 1.165) is 5.56 Å². The van der Waals surface area contributed by atoms with Crippen LogP contribution in [0.1, 0.15) is 25.3 Å². The Morgan fingerprint density at radius 1 is 1.06 bits per heavy atom. The van der Waals surface area contributed by atoms with Crippen molar-refractivity contribution in [1.82, 2.24) is 4.98 Å². The van der Waals surface area contributed by atoms with Crippen LogP contribution in [-0.4, -0.2) is 36.9 Å². The number of anilines is 2. The molecule has 1 aromatic heterocycles. The summed E-state index contributed by atoms with van der Waals surface area (Å²) in [5.41, 5.74) is 4.15. The van der Waals surface area contributed by atoms with E-state index in [-0.39, 0.29) is 5.82 Å². The predicted octanol–water partition coefficient (Wildman–Crippen LogP) is 5.49. The minimum atomic E-state index is -0.771. The fourth-order valence-corrected chi connectivity index (χ4v) is 4.99. The standard InChI is InChI=1S/C26H24FN3O4S/c1-14-21(24(31)33-3)23(22(15(2)28-14)25(32)34-4)17-8-6-10-19(12-17)29-26-30-20(13-35-26)16-7-5-9-18(27)11-16/h5-13,21,23H,1-4H3,(H,29,30). The van der Waals surface area contributed by atoms with Gasteiger partial charge in [0.1, 0.15) is 11.7 Å². The summed E-state index contributed by atoms with van der Waals surface area (Å²) in [6.07, 6.45) is 0. The van der Waals surface area contributed by atoms with Crippen molar-refractivity contribution in [3.8, 4) is 11.3 Å². The molecule has 35 heavy (non-hydrogen) atoms. The average molecular weight is 494 g/mol. The third kappa shape index (κ3) is 5.00. The molecule has 2 heterocycles. The summed E-state index contributed by atoms with van der Waals surface area (Å²) in [5.74, 6) is -2.76. The van der Waals surface area contributed by atoms with Gasteiger partial charge in [-0.15, -0.1) is 11.3 Å². The first-order chi connectivity index (χ1) is 16.8. The zero-order valence-electron chi connectivity index (χ0n) is 19.7. The highest BCUT2D eigenvalue weighted by atomic mass is 32.1. The molecule has 0 saturated carbocycles. The van der Waals surface area contributed by atoms with E-state index in [0.29, 0.717) is 39.1 Å². The molecule has 7 nitrogen and oxygen atoms in total. The first kappa shape index (κ1) is 24.3. The first-order valence-corrected chi connectivity index (χ1v) is 11.7. The van der Waals surface area contributed by atoms with E-state index < -0.39 is 23.8 Å². The van der Waals surface area contributed by atoms with E-state index in [1.54, 1.807) is 26.0 Å². The smallest absolute Gasteiger partial charge is 0.336 e. The molecule has 3 aromatic rings. The number of aliphatic imine (C=N–C) groups is 1. The van der Waals surface area contributed by atoms with Gasteiger partial charge < -0.3 is 14.8 Å². The van der Waals surface area contributed by atoms with Crippen LogP contribution in [0.15, 0.2) is 70.2 Å². The van der Waals surface area contributed by atoms with Crippen LogP contribution < -0.4 is 5.32 Å². The molecule has 0 bridgehead atoms. The normalized spacial score (nSPS) is 17.6. The molecular formula is C26H24FN3O4S. The molecular weight excluding hydrogens is 469 g/mol. The lowest BCUT2D eigenvalue weighted by Crippen LogP contribution is -2.36. The fourth-order valence-electron chi connectivity index (χ4n) is 4.25. The Morgan fingerprint density at radius 2 is 1.83 bits per heavy atom. The second kappa shape index (κ2) is 10.2. The lowest BCUT2D eigenvalue weighted by Gasteiger charge is -2.31. The average Bonchev–Trinajstić information content (AvgIpc) is 3.31. The van der Waals surface area contributed by atoms with E-state index in [1.165, 1.54) is 37.7 Å². The van der Waals surface area contributed by atoms with Gasteiger partial charge in [-0.3, -0.25) is 9.79 Å². The molecule has 1 N–H and O–H groups in total. The Morgan fingerprint density at radius 3 is 2.54 bits per heavy atom. The third-order valence-electron chi connectivity index (χ3n) is 5.81. The van der Waals surface area contributed by atoms with Crippen molar-refractivity contribution in [2.24, 2.45) is 10.9 Å². The third-order valence-corrected chi connectivity index (χ3v) is 6.57. The SMILES string of the molecule is COC(=O)C1=C(C)N=C(C)C(C(=O)OC)C1c1cccc(Nc2nc(-c3cccc(F)c3)cs2)c1. The van der Waals surface area contributed by atoms with Gasteiger partial charge in [0.25, 0.3) is 0 Å². The topological polar surface area (TPSA) is 89.9 Å². The van der Waals surface area contributed by atoms with Gasteiger partial charge in [0.05, 0.1) is 25.5 Å². The number of benzene rings is 2. The highest BCUT2D eigenvalue weighted by Gasteiger charge is 2.42. The first-order valence-electron chi connectivity index (χ1n) is 10.8. The number of nitrogens with one attached hydrogen (secondary N) is 1. The minimum absolute atomic E-state index is 0.313. The Kier molecular flexibility index (Phi) is 7.07. The molecule has 0 aliphatic carbocycles. The van der Waals surface area contributed by atoms with Crippen LogP contribution >= 0.6 is 11.3 Å². The molecule has 1 aliphatic rings. The summed E-state index contributed by atoms with van der Waals surface area (Å²) in [6, 6.07) is 13.7. The van der Waals surface area contributed by atoms with E-state index >= 15 is 0 Å². The van der Waals surface area contributed by atoms with Gasteiger partial charge in [0.15, 0.2) is 5.13 Å². The number of halogens is 1. The highest BCUT2D eigenvalue weighted by molar-refractivity contribution is 7.14. The van der Waals surface area contributed by atoms with Crippen LogP contribution in [0.2, 0.25) is 0 Å². The number of carbonyl (C=O) groups excluding carboxylic acids is 2. The van der Waals surface area contributed by atoms with Gasteiger partial charge in [0.2, 0.25) is 0 Å². The number of hydrogen-bond acceptors (Lipinski definition) is 8. The molecule has 0 fully saturated rings. The van der Waals surface area contributed by atoms with Crippen molar-refractivity contribution in [2.45, 2.75) is 19.8 Å². The van der Waals surface area contributed by atoms with Crippen LogP contribution in [-0.2, 0) is 19.1 Å². The van der Waals surface area contributed by atoms with E-state index in [2.05, 4.69) is 15.3 Å². The quantitative estimate of drug-likeness (QED) is 0.457. The van der Waals surface area contributed by atoms with Crippen LogP contribution in [0.25, 0.3) is 11.3 Å². The van der Waals surface area contributed by atoms with Crippen molar-refractivity contribution < 1.29 is 23.5 Å². The van der Waals surface area contributed by atoms with Gasteiger partial charge in [-0.05, 0) is 43.7 Å². The number of hydrogen-bond donors (Lipinski definition) is 1.